The first-order valence-corrected chi connectivity index (χ1v) is 5.82. The molecular weight excluding hydrogens is 156 g/mol. The molecule has 0 aromatic rings. The van der Waals surface area contributed by atoms with Gasteiger partial charge in [-0.2, -0.15) is 0 Å². The highest BCUT2D eigenvalue weighted by Gasteiger charge is 2.19. The van der Waals surface area contributed by atoms with Gasteiger partial charge >= 0.3 is 0 Å². The van der Waals surface area contributed by atoms with Crippen LogP contribution in [0.3, 0.4) is 0 Å². The van der Waals surface area contributed by atoms with E-state index < -0.39 is 0 Å². The molecule has 72 valence electrons. The Balaban J connectivity index is 2.04. The van der Waals surface area contributed by atoms with Gasteiger partial charge in [-0.1, -0.05) is 36.6 Å². The van der Waals surface area contributed by atoms with Gasteiger partial charge < -0.3 is 0 Å². The van der Waals surface area contributed by atoms with E-state index in [-0.39, 0.29) is 0 Å². The molecule has 0 aromatic carbocycles. The molecule has 0 saturated heterocycles. The Morgan fingerprint density at radius 2 is 1.92 bits per heavy atom. The van der Waals surface area contributed by atoms with Crippen LogP contribution in [0, 0.1) is 5.92 Å². The molecule has 0 amide bonds. The SMILES string of the molecule is C1=C2/CCCC2CCCCC/C=C/1. The van der Waals surface area contributed by atoms with Crippen LogP contribution in [0.25, 0.3) is 0 Å². The first kappa shape index (κ1) is 9.05. The van der Waals surface area contributed by atoms with Crippen molar-refractivity contribution in [3.8, 4) is 0 Å². The van der Waals surface area contributed by atoms with Gasteiger partial charge in [0.2, 0.25) is 0 Å². The zero-order valence-corrected chi connectivity index (χ0v) is 8.47. The predicted octanol–water partition coefficient (Wildman–Crippen LogP) is 4.23. The van der Waals surface area contributed by atoms with E-state index >= 15 is 0 Å². The normalized spacial score (nSPS) is 36.0. The summed E-state index contributed by atoms with van der Waals surface area (Å²) in [6, 6.07) is 0. The van der Waals surface area contributed by atoms with Gasteiger partial charge in [0.15, 0.2) is 0 Å². The molecule has 0 aromatic heterocycles. The second-order valence-corrected chi connectivity index (χ2v) is 4.40. The second kappa shape index (κ2) is 4.64. The maximum atomic E-state index is 2.39. The van der Waals surface area contributed by atoms with Gasteiger partial charge in [0.05, 0.1) is 0 Å². The molecule has 2 aliphatic rings. The van der Waals surface area contributed by atoms with E-state index in [2.05, 4.69) is 18.2 Å². The molecule has 2 rings (SSSR count). The van der Waals surface area contributed by atoms with Gasteiger partial charge in [0.1, 0.15) is 0 Å². The van der Waals surface area contributed by atoms with Crippen molar-refractivity contribution in [2.75, 3.05) is 0 Å². The standard InChI is InChI=1S/C13H20/c1-2-4-6-9-13-11-7-10-12(13)8-5-3-1/h3,5,8,13H,1-2,4,6-7,9-11H2/b5-3+,12-8-. The summed E-state index contributed by atoms with van der Waals surface area (Å²) in [7, 11) is 0. The molecule has 0 N–H and O–H groups in total. The fourth-order valence-corrected chi connectivity index (χ4v) is 2.61. The van der Waals surface area contributed by atoms with Crippen LogP contribution in [0.2, 0.25) is 0 Å². The molecule has 0 aliphatic heterocycles. The molecule has 0 bridgehead atoms. The molecule has 0 heterocycles. The van der Waals surface area contributed by atoms with Crippen molar-refractivity contribution in [2.45, 2.75) is 51.4 Å². The van der Waals surface area contributed by atoms with Crippen molar-refractivity contribution in [2.24, 2.45) is 5.92 Å². The van der Waals surface area contributed by atoms with Crippen molar-refractivity contribution < 1.29 is 0 Å². The second-order valence-electron chi connectivity index (χ2n) is 4.40. The zero-order chi connectivity index (χ0) is 8.93. The third-order valence-corrected chi connectivity index (χ3v) is 3.41. The van der Waals surface area contributed by atoms with E-state index in [0.717, 1.165) is 5.92 Å². The molecule has 13 heavy (non-hydrogen) atoms. The highest BCUT2D eigenvalue weighted by Crippen LogP contribution is 2.35. The van der Waals surface area contributed by atoms with Gasteiger partial charge in [0.25, 0.3) is 0 Å². The molecule has 1 unspecified atom stereocenters. The summed E-state index contributed by atoms with van der Waals surface area (Å²) in [6.45, 7) is 0. The highest BCUT2D eigenvalue weighted by atomic mass is 14.2. The van der Waals surface area contributed by atoms with Gasteiger partial charge in [-0.15, -0.1) is 0 Å². The number of hydrogen-bond donors (Lipinski definition) is 0. The van der Waals surface area contributed by atoms with Crippen molar-refractivity contribution in [1.82, 2.24) is 0 Å². The number of rotatable bonds is 0. The highest BCUT2D eigenvalue weighted by molar-refractivity contribution is 5.18. The van der Waals surface area contributed by atoms with Crippen LogP contribution in [0.4, 0.5) is 0 Å². The van der Waals surface area contributed by atoms with Crippen LogP contribution in [0.1, 0.15) is 51.4 Å². The third kappa shape index (κ3) is 2.46. The van der Waals surface area contributed by atoms with Gasteiger partial charge in [-0.05, 0) is 44.4 Å². The van der Waals surface area contributed by atoms with Crippen LogP contribution in [-0.2, 0) is 0 Å². The minimum Gasteiger partial charge on any atom is -0.0845 e. The fourth-order valence-electron chi connectivity index (χ4n) is 2.61. The third-order valence-electron chi connectivity index (χ3n) is 3.41. The van der Waals surface area contributed by atoms with Crippen LogP contribution in [0.15, 0.2) is 23.8 Å². The van der Waals surface area contributed by atoms with E-state index in [4.69, 9.17) is 0 Å². The molecule has 0 radical (unpaired) electrons. The first-order chi connectivity index (χ1) is 6.47. The molecule has 0 nitrogen and oxygen atoms in total. The average Bonchev–Trinajstić information content (AvgIpc) is 2.59. The van der Waals surface area contributed by atoms with E-state index in [9.17, 15) is 0 Å². The first-order valence-electron chi connectivity index (χ1n) is 5.82. The predicted molar refractivity (Wildman–Crippen MR) is 57.6 cm³/mol. The Morgan fingerprint density at radius 1 is 1.00 bits per heavy atom. The molecule has 0 spiro atoms. The van der Waals surface area contributed by atoms with Gasteiger partial charge in [-0.3, -0.25) is 0 Å². The fraction of sp³-hybridized carbons (Fsp3) is 0.692. The monoisotopic (exact) mass is 176 g/mol. The molecular formula is C13H20. The summed E-state index contributed by atoms with van der Waals surface area (Å²) in [5.41, 5.74) is 1.73. The van der Waals surface area contributed by atoms with Crippen molar-refractivity contribution in [1.29, 1.82) is 0 Å². The summed E-state index contributed by atoms with van der Waals surface area (Å²) < 4.78 is 0. The summed E-state index contributed by atoms with van der Waals surface area (Å²) in [5.74, 6) is 0.947. The minimum absolute atomic E-state index is 0.947. The van der Waals surface area contributed by atoms with Crippen molar-refractivity contribution >= 4 is 0 Å². The Kier molecular flexibility index (Phi) is 3.23. The number of fused-ring (bicyclic) bond motifs is 1. The Hall–Kier alpha value is -0.520. The van der Waals surface area contributed by atoms with Crippen molar-refractivity contribution in [3.63, 3.8) is 0 Å². The lowest BCUT2D eigenvalue weighted by atomic mass is 9.94. The number of hydrogen-bond acceptors (Lipinski definition) is 0. The van der Waals surface area contributed by atoms with Crippen LogP contribution in [-0.4, -0.2) is 0 Å². The quantitative estimate of drug-likeness (QED) is 0.518. The van der Waals surface area contributed by atoms with Crippen molar-refractivity contribution in [3.05, 3.63) is 23.8 Å². The smallest absolute Gasteiger partial charge is 0.0200 e. The van der Waals surface area contributed by atoms with E-state index in [0.29, 0.717) is 0 Å². The lowest BCUT2D eigenvalue weighted by molar-refractivity contribution is 0.520. The van der Waals surface area contributed by atoms with Crippen LogP contribution >= 0.6 is 0 Å². The van der Waals surface area contributed by atoms with E-state index in [1.165, 1.54) is 51.4 Å². The summed E-state index contributed by atoms with van der Waals surface area (Å²) in [6.07, 6.45) is 18.3. The Labute approximate surface area is 81.7 Å². The summed E-state index contributed by atoms with van der Waals surface area (Å²) in [5, 5.41) is 0. The maximum absolute atomic E-state index is 2.39. The van der Waals surface area contributed by atoms with Crippen LogP contribution < -0.4 is 0 Å². The molecule has 2 aliphatic carbocycles. The van der Waals surface area contributed by atoms with Gasteiger partial charge in [0, 0.05) is 0 Å². The lowest BCUT2D eigenvalue weighted by Gasteiger charge is -2.12. The number of allylic oxidation sites excluding steroid dienone is 4. The van der Waals surface area contributed by atoms with Gasteiger partial charge in [-0.25, -0.2) is 0 Å². The van der Waals surface area contributed by atoms with E-state index in [1.54, 1.807) is 5.57 Å². The Bertz CT molecular complexity index is 210. The van der Waals surface area contributed by atoms with E-state index in [1.807, 2.05) is 0 Å². The van der Waals surface area contributed by atoms with Crippen LogP contribution in [0.5, 0.6) is 0 Å². The topological polar surface area (TPSA) is 0 Å². The summed E-state index contributed by atoms with van der Waals surface area (Å²) >= 11 is 0. The zero-order valence-electron chi connectivity index (χ0n) is 8.47. The molecule has 1 saturated carbocycles. The molecule has 0 heteroatoms. The Morgan fingerprint density at radius 3 is 2.92 bits per heavy atom. The maximum Gasteiger partial charge on any atom is -0.0200 e. The molecule has 1 atom stereocenters. The lowest BCUT2D eigenvalue weighted by Crippen LogP contribution is -1.97. The molecule has 1 fully saturated rings. The summed E-state index contributed by atoms with van der Waals surface area (Å²) in [4.78, 5) is 0. The average molecular weight is 176 g/mol. The minimum atomic E-state index is 0.947. The largest absolute Gasteiger partial charge is 0.0845 e.